The summed E-state index contributed by atoms with van der Waals surface area (Å²) >= 11 is 0. The van der Waals surface area contributed by atoms with Gasteiger partial charge in [0.05, 0.1) is 10.5 Å². The number of halogens is 6. The number of nitro benzene ring substituents is 1. The molecule has 1 aliphatic rings. The van der Waals surface area contributed by atoms with Gasteiger partial charge in [-0.2, -0.15) is 26.3 Å². The quantitative estimate of drug-likeness (QED) is 0.306. The summed E-state index contributed by atoms with van der Waals surface area (Å²) in [4.78, 5) is 36.6. The van der Waals surface area contributed by atoms with E-state index in [9.17, 15) is 46.0 Å². The molecule has 1 fully saturated rings. The van der Waals surface area contributed by atoms with E-state index in [4.69, 9.17) is 0 Å². The second kappa shape index (κ2) is 8.37. The molecule has 1 heterocycles. The Balaban J connectivity index is 1.95. The molecule has 0 saturated carbocycles. The first-order chi connectivity index (χ1) is 15.2. The SMILES string of the molecule is CN1C[C@@H](c2ccc(C(F)(F)F)cc2)[C@H](C(=O)Nc2cccc(C(F)(F)F)c2[N+](=O)[O-])C1=O. The molecule has 2 amide bonds. The van der Waals surface area contributed by atoms with Gasteiger partial charge >= 0.3 is 18.0 Å². The van der Waals surface area contributed by atoms with Gasteiger partial charge < -0.3 is 10.2 Å². The summed E-state index contributed by atoms with van der Waals surface area (Å²) in [7, 11) is 1.35. The monoisotopic (exact) mass is 475 g/mol. The molecule has 0 aromatic heterocycles. The highest BCUT2D eigenvalue weighted by molar-refractivity contribution is 6.09. The summed E-state index contributed by atoms with van der Waals surface area (Å²) in [6, 6.07) is 6.01. The first kappa shape index (κ1) is 24.0. The van der Waals surface area contributed by atoms with Gasteiger partial charge in [-0.1, -0.05) is 18.2 Å². The molecule has 0 spiro atoms. The predicted molar refractivity (Wildman–Crippen MR) is 102 cm³/mol. The molecule has 0 bridgehead atoms. The van der Waals surface area contributed by atoms with E-state index >= 15 is 0 Å². The lowest BCUT2D eigenvalue weighted by molar-refractivity contribution is -0.387. The number of anilines is 1. The molecule has 0 aliphatic carbocycles. The van der Waals surface area contributed by atoms with Crippen molar-refractivity contribution in [2.45, 2.75) is 18.3 Å². The van der Waals surface area contributed by atoms with Crippen LogP contribution in [0.5, 0.6) is 0 Å². The van der Waals surface area contributed by atoms with Crippen LogP contribution in [-0.4, -0.2) is 35.2 Å². The fraction of sp³-hybridized carbons (Fsp3) is 0.300. The number of carbonyl (C=O) groups is 2. The molecule has 2 aromatic carbocycles. The molecule has 7 nitrogen and oxygen atoms in total. The molecule has 0 unspecified atom stereocenters. The van der Waals surface area contributed by atoms with Crippen molar-refractivity contribution in [1.82, 2.24) is 4.90 Å². The molecule has 2 aromatic rings. The van der Waals surface area contributed by atoms with E-state index < -0.39 is 63.4 Å². The Labute approximate surface area is 182 Å². The Bertz CT molecular complexity index is 1100. The van der Waals surface area contributed by atoms with Gasteiger partial charge in [-0.15, -0.1) is 0 Å². The van der Waals surface area contributed by atoms with Crippen LogP contribution >= 0.6 is 0 Å². The zero-order valence-electron chi connectivity index (χ0n) is 16.7. The van der Waals surface area contributed by atoms with Gasteiger partial charge in [0.25, 0.3) is 0 Å². The molecule has 1 N–H and O–H groups in total. The van der Waals surface area contributed by atoms with Crippen LogP contribution in [0.25, 0.3) is 0 Å². The molecule has 1 saturated heterocycles. The Kier molecular flexibility index (Phi) is 6.09. The summed E-state index contributed by atoms with van der Waals surface area (Å²) in [6.07, 6.45) is -9.67. The van der Waals surface area contributed by atoms with Crippen molar-refractivity contribution in [1.29, 1.82) is 0 Å². The zero-order valence-corrected chi connectivity index (χ0v) is 16.7. The normalized spacial score (nSPS) is 19.0. The molecule has 1 aliphatic heterocycles. The topological polar surface area (TPSA) is 92.6 Å². The third-order valence-corrected chi connectivity index (χ3v) is 5.25. The van der Waals surface area contributed by atoms with Gasteiger partial charge in [-0.05, 0) is 29.8 Å². The van der Waals surface area contributed by atoms with Gasteiger partial charge in [0.2, 0.25) is 11.8 Å². The molecule has 0 radical (unpaired) electrons. The number of carbonyl (C=O) groups excluding carboxylic acids is 2. The fourth-order valence-electron chi connectivity index (χ4n) is 3.69. The number of likely N-dealkylation sites (N-methyl/N-ethyl adjacent to an activating group) is 1. The van der Waals surface area contributed by atoms with Crippen molar-refractivity contribution < 1.29 is 40.9 Å². The van der Waals surface area contributed by atoms with Crippen molar-refractivity contribution in [2.24, 2.45) is 5.92 Å². The minimum atomic E-state index is -5.07. The van der Waals surface area contributed by atoms with Crippen LogP contribution in [0.3, 0.4) is 0 Å². The lowest BCUT2D eigenvalue weighted by Crippen LogP contribution is -2.33. The molecular formula is C20H15F6N3O4. The third-order valence-electron chi connectivity index (χ3n) is 5.25. The van der Waals surface area contributed by atoms with Crippen molar-refractivity contribution in [3.8, 4) is 0 Å². The smallest absolute Gasteiger partial charge is 0.344 e. The van der Waals surface area contributed by atoms with Crippen molar-refractivity contribution >= 4 is 23.2 Å². The van der Waals surface area contributed by atoms with E-state index in [0.29, 0.717) is 6.07 Å². The molecule has 2 atom stereocenters. The lowest BCUT2D eigenvalue weighted by Gasteiger charge is -2.18. The molecular weight excluding hydrogens is 460 g/mol. The molecule has 33 heavy (non-hydrogen) atoms. The number of hydrogen-bond donors (Lipinski definition) is 1. The standard InChI is InChI=1S/C20H15F6N3O4/c1-28-9-12(10-5-7-11(8-6-10)19(21,22)23)15(18(28)31)17(30)27-14-4-2-3-13(20(24,25)26)16(14)29(32)33/h2-8,12,15H,9H2,1H3,(H,27,30)/t12-,15+/m0/s1. The van der Waals surface area contributed by atoms with E-state index in [1.54, 1.807) is 0 Å². The summed E-state index contributed by atoms with van der Waals surface area (Å²) < 4.78 is 78.0. The van der Waals surface area contributed by atoms with Crippen molar-refractivity contribution in [2.75, 3.05) is 18.9 Å². The highest BCUT2D eigenvalue weighted by atomic mass is 19.4. The summed E-state index contributed by atoms with van der Waals surface area (Å²) in [5, 5.41) is 13.3. The summed E-state index contributed by atoms with van der Waals surface area (Å²) in [5.74, 6) is -4.28. The molecule has 13 heteroatoms. The number of para-hydroxylation sites is 1. The van der Waals surface area contributed by atoms with Gasteiger partial charge in [-0.3, -0.25) is 19.7 Å². The number of benzene rings is 2. The van der Waals surface area contributed by atoms with Crippen LogP contribution in [0.1, 0.15) is 22.6 Å². The van der Waals surface area contributed by atoms with Crippen LogP contribution in [-0.2, 0) is 21.9 Å². The van der Waals surface area contributed by atoms with Crippen molar-refractivity contribution in [3.63, 3.8) is 0 Å². The van der Waals surface area contributed by atoms with Gasteiger partial charge in [0.1, 0.15) is 17.2 Å². The number of hydrogen-bond acceptors (Lipinski definition) is 4. The highest BCUT2D eigenvalue weighted by Crippen LogP contribution is 2.41. The minimum absolute atomic E-state index is 0.0486. The lowest BCUT2D eigenvalue weighted by atomic mass is 9.87. The highest BCUT2D eigenvalue weighted by Gasteiger charge is 2.46. The van der Waals surface area contributed by atoms with Gasteiger partial charge in [0.15, 0.2) is 0 Å². The Morgan fingerprint density at radius 3 is 2.18 bits per heavy atom. The Morgan fingerprint density at radius 2 is 1.67 bits per heavy atom. The van der Waals surface area contributed by atoms with E-state index in [2.05, 4.69) is 0 Å². The van der Waals surface area contributed by atoms with Gasteiger partial charge in [-0.25, -0.2) is 0 Å². The number of amides is 2. The fourth-order valence-corrected chi connectivity index (χ4v) is 3.69. The maximum Gasteiger partial charge on any atom is 0.423 e. The second-order valence-electron chi connectivity index (χ2n) is 7.37. The number of nitrogens with one attached hydrogen (secondary N) is 1. The van der Waals surface area contributed by atoms with E-state index in [1.165, 1.54) is 7.05 Å². The maximum atomic E-state index is 13.2. The number of likely N-dealkylation sites (tertiary alicyclic amines) is 1. The van der Waals surface area contributed by atoms with Crippen LogP contribution in [0, 0.1) is 16.0 Å². The van der Waals surface area contributed by atoms with E-state index in [-0.39, 0.29) is 12.1 Å². The number of nitro groups is 1. The molecule has 3 rings (SSSR count). The largest absolute Gasteiger partial charge is 0.423 e. The van der Waals surface area contributed by atoms with Crippen LogP contribution in [0.15, 0.2) is 42.5 Å². The van der Waals surface area contributed by atoms with Crippen LogP contribution in [0.2, 0.25) is 0 Å². The predicted octanol–water partition coefficient (Wildman–Crippen LogP) is 4.44. The molecule has 176 valence electrons. The van der Waals surface area contributed by atoms with Crippen LogP contribution < -0.4 is 5.32 Å². The zero-order chi connectivity index (χ0) is 24.7. The summed E-state index contributed by atoms with van der Waals surface area (Å²) in [6.45, 7) is -0.0486. The van der Waals surface area contributed by atoms with Crippen molar-refractivity contribution in [3.05, 3.63) is 69.3 Å². The second-order valence-corrected chi connectivity index (χ2v) is 7.37. The Hall–Kier alpha value is -3.64. The Morgan fingerprint density at radius 1 is 1.06 bits per heavy atom. The maximum absolute atomic E-state index is 13.2. The average Bonchev–Trinajstić information content (AvgIpc) is 3.01. The minimum Gasteiger partial charge on any atom is -0.344 e. The van der Waals surface area contributed by atoms with E-state index in [1.807, 2.05) is 5.32 Å². The number of alkyl halides is 6. The third kappa shape index (κ3) is 4.76. The summed E-state index contributed by atoms with van der Waals surface area (Å²) in [5.41, 5.74) is -4.44. The van der Waals surface area contributed by atoms with E-state index in [0.717, 1.165) is 41.3 Å². The first-order valence-corrected chi connectivity index (χ1v) is 9.29. The van der Waals surface area contributed by atoms with Crippen LogP contribution in [0.4, 0.5) is 37.7 Å². The average molecular weight is 475 g/mol. The first-order valence-electron chi connectivity index (χ1n) is 9.29. The van der Waals surface area contributed by atoms with Gasteiger partial charge in [0, 0.05) is 19.5 Å². The number of nitrogens with zero attached hydrogens (tertiary/aromatic N) is 2. The number of rotatable bonds is 4.